The van der Waals surface area contributed by atoms with Crippen molar-refractivity contribution in [3.05, 3.63) is 0 Å². The number of hydrogen-bond acceptors (Lipinski definition) is 4. The van der Waals surface area contributed by atoms with Gasteiger partial charge in [0.05, 0.1) is 12.1 Å². The van der Waals surface area contributed by atoms with E-state index in [4.69, 9.17) is 9.84 Å². The zero-order valence-corrected chi connectivity index (χ0v) is 12.2. The highest BCUT2D eigenvalue weighted by Crippen LogP contribution is 2.42. The fourth-order valence-corrected chi connectivity index (χ4v) is 3.25. The maximum absolute atomic E-state index is 11.8. The fourth-order valence-electron chi connectivity index (χ4n) is 3.25. The van der Waals surface area contributed by atoms with Crippen LogP contribution >= 0.6 is 0 Å². The van der Waals surface area contributed by atoms with Crippen molar-refractivity contribution in [1.29, 1.82) is 0 Å². The zero-order valence-electron chi connectivity index (χ0n) is 12.2. The van der Waals surface area contributed by atoms with Crippen LogP contribution < -0.4 is 5.32 Å². The molecule has 1 aliphatic carbocycles. The van der Waals surface area contributed by atoms with Gasteiger partial charge in [0.15, 0.2) is 0 Å². The van der Waals surface area contributed by atoms with Crippen LogP contribution in [0.25, 0.3) is 0 Å². The third-order valence-corrected chi connectivity index (χ3v) is 3.84. The summed E-state index contributed by atoms with van der Waals surface area (Å²) in [6, 6.07) is -1.94. The van der Waals surface area contributed by atoms with Gasteiger partial charge in [-0.25, -0.2) is 14.4 Å². The molecule has 1 aliphatic heterocycles. The van der Waals surface area contributed by atoms with Gasteiger partial charge in [0.25, 0.3) is 0 Å². The Hall–Kier alpha value is -1.99. The standard InChI is InChI=1S/C13H20N2O6/c1-13(2,3)21-11(18)14-7-4-6-5-8(7)15(12(19)20)9(6)10(16)17/h6-9H,4-5H2,1-3H3,(H,14,18)(H,16,17)(H,19,20)/t6-,7-,8-,9+/m1/s1. The molecule has 0 unspecified atom stereocenters. The first-order valence-electron chi connectivity index (χ1n) is 6.83. The SMILES string of the molecule is CC(C)(C)OC(=O)N[C@@H]1C[C@@H]2C[C@H]1N(C(=O)O)[C@@H]2C(=O)O. The van der Waals surface area contributed by atoms with Gasteiger partial charge in [0.2, 0.25) is 0 Å². The Morgan fingerprint density at radius 3 is 2.29 bits per heavy atom. The molecule has 0 aromatic rings. The van der Waals surface area contributed by atoms with Gasteiger partial charge in [-0.2, -0.15) is 0 Å². The van der Waals surface area contributed by atoms with Gasteiger partial charge >= 0.3 is 18.2 Å². The molecule has 0 aromatic heterocycles. The number of likely N-dealkylation sites (tertiary alicyclic amines) is 1. The lowest BCUT2D eigenvalue weighted by molar-refractivity contribution is -0.144. The summed E-state index contributed by atoms with van der Waals surface area (Å²) in [6.45, 7) is 5.20. The number of fused-ring (bicyclic) bond motifs is 2. The predicted octanol–water partition coefficient (Wildman–Crippen LogP) is 1.11. The Morgan fingerprint density at radius 2 is 1.81 bits per heavy atom. The van der Waals surface area contributed by atoms with E-state index in [-0.39, 0.29) is 5.92 Å². The smallest absolute Gasteiger partial charge is 0.408 e. The molecule has 2 rings (SSSR count). The van der Waals surface area contributed by atoms with Gasteiger partial charge in [-0.15, -0.1) is 0 Å². The van der Waals surface area contributed by atoms with Gasteiger partial charge in [-0.05, 0) is 39.5 Å². The van der Waals surface area contributed by atoms with E-state index in [1.807, 2.05) is 0 Å². The number of aliphatic carboxylic acids is 1. The fraction of sp³-hybridized carbons (Fsp3) is 0.769. The molecule has 21 heavy (non-hydrogen) atoms. The summed E-state index contributed by atoms with van der Waals surface area (Å²) in [5.74, 6) is -1.41. The molecule has 0 aromatic carbocycles. The highest BCUT2D eigenvalue weighted by molar-refractivity contribution is 5.81. The summed E-state index contributed by atoms with van der Waals surface area (Å²) in [5, 5.41) is 21.0. The summed E-state index contributed by atoms with van der Waals surface area (Å²) in [7, 11) is 0. The van der Waals surface area contributed by atoms with Gasteiger partial charge in [0.1, 0.15) is 11.6 Å². The Labute approximate surface area is 122 Å². The maximum atomic E-state index is 11.8. The number of nitrogens with zero attached hydrogens (tertiary/aromatic N) is 1. The predicted molar refractivity (Wildman–Crippen MR) is 71.0 cm³/mol. The third kappa shape index (κ3) is 3.03. The lowest BCUT2D eigenvalue weighted by atomic mass is 9.97. The van der Waals surface area contributed by atoms with Crippen LogP contribution in [0.15, 0.2) is 0 Å². The number of carbonyl (C=O) groups excluding carboxylic acids is 1. The maximum Gasteiger partial charge on any atom is 0.408 e. The van der Waals surface area contributed by atoms with E-state index in [0.717, 1.165) is 4.90 Å². The molecule has 2 bridgehead atoms. The molecule has 8 heteroatoms. The minimum atomic E-state index is -1.27. The zero-order chi connectivity index (χ0) is 15.9. The molecule has 1 saturated heterocycles. The summed E-state index contributed by atoms with van der Waals surface area (Å²) >= 11 is 0. The second kappa shape index (κ2) is 5.09. The second-order valence-electron chi connectivity index (χ2n) is 6.52. The van der Waals surface area contributed by atoms with Crippen LogP contribution in [0.4, 0.5) is 9.59 Å². The largest absolute Gasteiger partial charge is 0.480 e. The van der Waals surface area contributed by atoms with Crippen LogP contribution in [-0.4, -0.2) is 57.0 Å². The quantitative estimate of drug-likeness (QED) is 0.703. The van der Waals surface area contributed by atoms with Gasteiger partial charge < -0.3 is 20.3 Å². The van der Waals surface area contributed by atoms with Crippen LogP contribution in [-0.2, 0) is 9.53 Å². The Bertz CT molecular complexity index is 472. The molecular weight excluding hydrogens is 280 g/mol. The normalized spacial score (nSPS) is 31.1. The molecule has 0 spiro atoms. The van der Waals surface area contributed by atoms with Crippen LogP contribution in [0, 0.1) is 5.92 Å². The first-order chi connectivity index (χ1) is 9.60. The molecule has 118 valence electrons. The van der Waals surface area contributed by atoms with Crippen molar-refractivity contribution in [2.75, 3.05) is 0 Å². The topological polar surface area (TPSA) is 116 Å². The molecular formula is C13H20N2O6. The van der Waals surface area contributed by atoms with E-state index in [2.05, 4.69) is 5.32 Å². The van der Waals surface area contributed by atoms with Gasteiger partial charge in [0, 0.05) is 0 Å². The van der Waals surface area contributed by atoms with Gasteiger partial charge in [-0.3, -0.25) is 4.90 Å². The molecule has 2 aliphatic rings. The lowest BCUT2D eigenvalue weighted by Crippen LogP contribution is -2.57. The van der Waals surface area contributed by atoms with E-state index >= 15 is 0 Å². The monoisotopic (exact) mass is 300 g/mol. The summed E-state index contributed by atoms with van der Waals surface area (Å²) in [5.41, 5.74) is -0.641. The highest BCUT2D eigenvalue weighted by Gasteiger charge is 2.56. The third-order valence-electron chi connectivity index (χ3n) is 3.84. The van der Waals surface area contributed by atoms with Crippen LogP contribution in [0.2, 0.25) is 0 Å². The van der Waals surface area contributed by atoms with Crippen LogP contribution in [0.3, 0.4) is 0 Å². The van der Waals surface area contributed by atoms with Crippen molar-refractivity contribution in [2.45, 2.75) is 57.3 Å². The molecule has 2 amide bonds. The highest BCUT2D eigenvalue weighted by atomic mass is 16.6. The number of hydrogen-bond donors (Lipinski definition) is 3. The summed E-state index contributed by atoms with van der Waals surface area (Å²) in [4.78, 5) is 35.2. The molecule has 3 N–H and O–H groups in total. The van der Waals surface area contributed by atoms with Crippen LogP contribution in [0.1, 0.15) is 33.6 Å². The van der Waals surface area contributed by atoms with Crippen molar-refractivity contribution < 1.29 is 29.3 Å². The van der Waals surface area contributed by atoms with Crippen molar-refractivity contribution >= 4 is 18.2 Å². The van der Waals surface area contributed by atoms with Crippen molar-refractivity contribution in [3.8, 4) is 0 Å². The first-order valence-corrected chi connectivity index (χ1v) is 6.83. The molecule has 1 saturated carbocycles. The Kier molecular flexibility index (Phi) is 3.73. The molecule has 8 nitrogen and oxygen atoms in total. The van der Waals surface area contributed by atoms with E-state index < -0.39 is 41.9 Å². The van der Waals surface area contributed by atoms with E-state index in [9.17, 15) is 19.5 Å². The second-order valence-corrected chi connectivity index (χ2v) is 6.52. The van der Waals surface area contributed by atoms with E-state index in [1.165, 1.54) is 0 Å². The minimum absolute atomic E-state index is 0.275. The average Bonchev–Trinajstić information content (AvgIpc) is 2.82. The molecule has 1 heterocycles. The molecule has 0 radical (unpaired) electrons. The van der Waals surface area contributed by atoms with Crippen LogP contribution in [0.5, 0.6) is 0 Å². The van der Waals surface area contributed by atoms with Crippen molar-refractivity contribution in [3.63, 3.8) is 0 Å². The number of alkyl carbamates (subject to hydrolysis) is 1. The Balaban J connectivity index is 2.05. The summed E-state index contributed by atoms with van der Waals surface area (Å²) < 4.78 is 5.15. The number of carboxylic acids is 1. The minimum Gasteiger partial charge on any atom is -0.480 e. The van der Waals surface area contributed by atoms with Crippen molar-refractivity contribution in [2.24, 2.45) is 5.92 Å². The van der Waals surface area contributed by atoms with E-state index in [0.29, 0.717) is 12.8 Å². The number of carbonyl (C=O) groups is 3. The number of amides is 2. The lowest BCUT2D eigenvalue weighted by Gasteiger charge is -2.35. The number of ether oxygens (including phenoxy) is 1. The number of piperidine rings is 1. The molecule has 2 fully saturated rings. The number of nitrogens with one attached hydrogen (secondary N) is 1. The number of rotatable bonds is 2. The Morgan fingerprint density at radius 1 is 1.19 bits per heavy atom. The van der Waals surface area contributed by atoms with Crippen molar-refractivity contribution in [1.82, 2.24) is 10.2 Å². The summed E-state index contributed by atoms with van der Waals surface area (Å²) in [6.07, 6.45) is -0.989. The molecule has 4 atom stereocenters. The average molecular weight is 300 g/mol. The number of carboxylic acid groups (broad SMARTS) is 2. The first kappa shape index (κ1) is 15.4. The van der Waals surface area contributed by atoms with E-state index in [1.54, 1.807) is 20.8 Å². The van der Waals surface area contributed by atoms with Gasteiger partial charge in [-0.1, -0.05) is 0 Å².